The van der Waals surface area contributed by atoms with Crippen molar-refractivity contribution in [2.45, 2.75) is 13.0 Å². The average Bonchev–Trinajstić information content (AvgIpc) is 1.65. The molecule has 0 rings (SSSR count). The van der Waals surface area contributed by atoms with Crippen LogP contribution in [0, 0.1) is 0 Å². The Kier molecular flexibility index (Phi) is 3.08. The molecule has 0 heterocycles. The maximum Gasteiger partial charge on any atom is 0.137 e. The van der Waals surface area contributed by atoms with E-state index in [2.05, 4.69) is 4.84 Å². The molecule has 0 bridgehead atoms. The van der Waals surface area contributed by atoms with Crippen LogP contribution in [0.5, 0.6) is 0 Å². The largest absolute Gasteiger partial charge is 0.302 e. The first-order chi connectivity index (χ1) is 2.81. The second-order valence-electron chi connectivity index (χ2n) is 1.03. The summed E-state index contributed by atoms with van der Waals surface area (Å²) in [5.74, 6) is 0. The molecule has 1 atom stereocenters. The topological polar surface area (TPSA) is 29.1 Å². The molecule has 0 saturated carbocycles. The zero-order valence-electron chi connectivity index (χ0n) is 3.44. The maximum atomic E-state index is 9.59. The molecule has 0 unspecified atom stereocenters. The van der Waals surface area contributed by atoms with Crippen molar-refractivity contribution in [1.82, 2.24) is 4.84 Å². The Morgan fingerprint density at radius 3 is 2.50 bits per heavy atom. The van der Waals surface area contributed by atoms with E-state index in [4.69, 9.17) is 11.8 Å². The lowest BCUT2D eigenvalue weighted by Gasteiger charge is -1.91. The standard InChI is InChI=1S/C3H6ClNO/c1-3(2-6)5-4/h2-3,5H,1H3/t3-/m0/s1. The maximum absolute atomic E-state index is 9.59. The first-order valence-electron chi connectivity index (χ1n) is 1.62. The van der Waals surface area contributed by atoms with Crippen molar-refractivity contribution >= 4 is 18.1 Å². The number of aldehydes is 1. The summed E-state index contributed by atoms with van der Waals surface area (Å²) in [6.07, 6.45) is 0.729. The molecule has 3 heteroatoms. The van der Waals surface area contributed by atoms with Crippen molar-refractivity contribution in [2.24, 2.45) is 0 Å². The predicted octanol–water partition coefficient (Wildman–Crippen LogP) is 0.317. The van der Waals surface area contributed by atoms with E-state index in [0.29, 0.717) is 0 Å². The van der Waals surface area contributed by atoms with E-state index in [9.17, 15) is 4.79 Å². The van der Waals surface area contributed by atoms with Gasteiger partial charge in [-0.2, -0.15) is 0 Å². The van der Waals surface area contributed by atoms with E-state index in [1.807, 2.05) is 0 Å². The lowest BCUT2D eigenvalue weighted by Crippen LogP contribution is -2.16. The molecule has 2 nitrogen and oxygen atoms in total. The van der Waals surface area contributed by atoms with Gasteiger partial charge in [0.15, 0.2) is 0 Å². The van der Waals surface area contributed by atoms with Crippen LogP contribution in [-0.4, -0.2) is 12.3 Å². The van der Waals surface area contributed by atoms with Crippen molar-refractivity contribution in [2.75, 3.05) is 0 Å². The summed E-state index contributed by atoms with van der Waals surface area (Å²) >= 11 is 4.97. The van der Waals surface area contributed by atoms with Gasteiger partial charge >= 0.3 is 0 Å². The van der Waals surface area contributed by atoms with Crippen molar-refractivity contribution in [3.05, 3.63) is 0 Å². The highest BCUT2D eigenvalue weighted by molar-refractivity contribution is 6.14. The Hall–Kier alpha value is -0.0800. The summed E-state index contributed by atoms with van der Waals surface area (Å²) in [7, 11) is 0. The molecule has 0 aliphatic rings. The fourth-order valence-corrected chi connectivity index (χ4v) is 0.0772. The van der Waals surface area contributed by atoms with Crippen molar-refractivity contribution in [3.8, 4) is 0 Å². The molecular formula is C3H6ClNO. The molecular weight excluding hydrogens is 101 g/mol. The zero-order valence-corrected chi connectivity index (χ0v) is 4.20. The molecule has 0 amide bonds. The average molecular weight is 108 g/mol. The summed E-state index contributed by atoms with van der Waals surface area (Å²) in [5.41, 5.74) is 0. The Bertz CT molecular complexity index is 48.1. The smallest absolute Gasteiger partial charge is 0.137 e. The van der Waals surface area contributed by atoms with Crippen molar-refractivity contribution in [3.63, 3.8) is 0 Å². The zero-order chi connectivity index (χ0) is 4.99. The van der Waals surface area contributed by atoms with E-state index >= 15 is 0 Å². The minimum absolute atomic E-state index is 0.230. The number of hydrogen-bond acceptors (Lipinski definition) is 2. The number of rotatable bonds is 2. The third-order valence-electron chi connectivity index (χ3n) is 0.376. The summed E-state index contributed by atoms with van der Waals surface area (Å²) < 4.78 is 0. The summed E-state index contributed by atoms with van der Waals surface area (Å²) in [5, 5.41) is 0. The third kappa shape index (κ3) is 2.18. The molecule has 0 fully saturated rings. The normalized spacial score (nSPS) is 13.7. The number of carbonyl (C=O) groups is 1. The van der Waals surface area contributed by atoms with Crippen LogP contribution in [0.15, 0.2) is 0 Å². The summed E-state index contributed by atoms with van der Waals surface area (Å²) in [4.78, 5) is 11.8. The summed E-state index contributed by atoms with van der Waals surface area (Å²) in [6.45, 7) is 1.67. The van der Waals surface area contributed by atoms with Crippen LogP contribution in [0.1, 0.15) is 6.92 Å². The SMILES string of the molecule is C[C@@H](C=O)NCl. The molecule has 6 heavy (non-hydrogen) atoms. The highest BCUT2D eigenvalue weighted by Gasteiger charge is 1.89. The van der Waals surface area contributed by atoms with Gasteiger partial charge < -0.3 is 4.79 Å². The van der Waals surface area contributed by atoms with Gasteiger partial charge in [-0.15, -0.1) is 0 Å². The quantitative estimate of drug-likeness (QED) is 0.407. The van der Waals surface area contributed by atoms with E-state index in [-0.39, 0.29) is 6.04 Å². The first-order valence-corrected chi connectivity index (χ1v) is 2.00. The van der Waals surface area contributed by atoms with Gasteiger partial charge in [0.2, 0.25) is 0 Å². The molecule has 0 aromatic heterocycles. The molecule has 0 aliphatic carbocycles. The molecule has 0 radical (unpaired) electrons. The van der Waals surface area contributed by atoms with Gasteiger partial charge in [-0.25, -0.2) is 4.84 Å². The predicted molar refractivity (Wildman–Crippen MR) is 24.5 cm³/mol. The van der Waals surface area contributed by atoms with Crippen LogP contribution in [0.4, 0.5) is 0 Å². The highest BCUT2D eigenvalue weighted by Crippen LogP contribution is 1.71. The minimum atomic E-state index is -0.230. The van der Waals surface area contributed by atoms with Crippen LogP contribution in [0.3, 0.4) is 0 Å². The Morgan fingerprint density at radius 2 is 2.50 bits per heavy atom. The first kappa shape index (κ1) is 5.92. The van der Waals surface area contributed by atoms with Gasteiger partial charge in [-0.1, -0.05) is 0 Å². The molecule has 0 spiro atoms. The number of hydrogen-bond donors (Lipinski definition) is 1. The van der Waals surface area contributed by atoms with E-state index < -0.39 is 0 Å². The lowest BCUT2D eigenvalue weighted by atomic mass is 10.4. The second kappa shape index (κ2) is 3.12. The van der Waals surface area contributed by atoms with E-state index in [1.54, 1.807) is 6.92 Å². The number of nitrogens with one attached hydrogen (secondary N) is 1. The van der Waals surface area contributed by atoms with Gasteiger partial charge in [0.05, 0.1) is 6.04 Å². The van der Waals surface area contributed by atoms with Gasteiger partial charge in [0.25, 0.3) is 0 Å². The monoisotopic (exact) mass is 107 g/mol. The van der Waals surface area contributed by atoms with Crippen LogP contribution >= 0.6 is 11.8 Å². The number of carbonyl (C=O) groups excluding carboxylic acids is 1. The van der Waals surface area contributed by atoms with E-state index in [1.165, 1.54) is 0 Å². The van der Waals surface area contributed by atoms with Crippen LogP contribution in [-0.2, 0) is 4.79 Å². The summed E-state index contributed by atoms with van der Waals surface area (Å²) in [6, 6.07) is -0.230. The second-order valence-corrected chi connectivity index (χ2v) is 1.25. The molecule has 0 aliphatic heterocycles. The van der Waals surface area contributed by atoms with Crippen molar-refractivity contribution < 1.29 is 4.79 Å². The van der Waals surface area contributed by atoms with Crippen LogP contribution in [0.2, 0.25) is 0 Å². The fraction of sp³-hybridized carbons (Fsp3) is 0.667. The van der Waals surface area contributed by atoms with Crippen LogP contribution < -0.4 is 4.84 Å². The van der Waals surface area contributed by atoms with Gasteiger partial charge in [0.1, 0.15) is 6.29 Å². The van der Waals surface area contributed by atoms with Crippen molar-refractivity contribution in [1.29, 1.82) is 0 Å². The molecule has 1 N–H and O–H groups in total. The van der Waals surface area contributed by atoms with Gasteiger partial charge in [0, 0.05) is 0 Å². The van der Waals surface area contributed by atoms with Gasteiger partial charge in [-0.3, -0.25) is 0 Å². The minimum Gasteiger partial charge on any atom is -0.302 e. The van der Waals surface area contributed by atoms with E-state index in [0.717, 1.165) is 6.29 Å². The highest BCUT2D eigenvalue weighted by atomic mass is 35.5. The fourth-order valence-electron chi connectivity index (χ4n) is 0.0257. The Labute approximate surface area is 41.6 Å². The van der Waals surface area contributed by atoms with Crippen LogP contribution in [0.25, 0.3) is 0 Å². The number of halogens is 1. The van der Waals surface area contributed by atoms with Gasteiger partial charge in [-0.05, 0) is 18.7 Å². The molecule has 0 aromatic carbocycles. The third-order valence-corrected chi connectivity index (χ3v) is 0.720. The molecule has 0 aromatic rings. The molecule has 36 valence electrons. The Morgan fingerprint density at radius 1 is 2.00 bits per heavy atom. The Balaban J connectivity index is 2.96. The lowest BCUT2D eigenvalue weighted by molar-refractivity contribution is -0.108. The molecule has 0 saturated heterocycles.